The maximum absolute atomic E-state index is 13.8. The highest BCUT2D eigenvalue weighted by Gasteiger charge is 2.20. The van der Waals surface area contributed by atoms with Crippen LogP contribution >= 0.6 is 0 Å². The molecule has 2 nitrogen and oxygen atoms in total. The van der Waals surface area contributed by atoms with Crippen molar-refractivity contribution in [2.45, 2.75) is 52.6 Å². The highest BCUT2D eigenvalue weighted by atomic mass is 19.1. The van der Waals surface area contributed by atoms with Gasteiger partial charge in [0.25, 0.3) is 0 Å². The van der Waals surface area contributed by atoms with Crippen LogP contribution in [0.15, 0.2) is 12.1 Å². The lowest BCUT2D eigenvalue weighted by Gasteiger charge is -2.27. The molecule has 20 heavy (non-hydrogen) atoms. The van der Waals surface area contributed by atoms with Gasteiger partial charge in [-0.1, -0.05) is 13.3 Å². The van der Waals surface area contributed by atoms with E-state index in [0.29, 0.717) is 11.1 Å². The summed E-state index contributed by atoms with van der Waals surface area (Å²) in [7, 11) is 0. The summed E-state index contributed by atoms with van der Waals surface area (Å²) in [4.78, 5) is 2.32. The molecule has 1 fully saturated rings. The summed E-state index contributed by atoms with van der Waals surface area (Å²) in [5, 5.41) is 9.93. The van der Waals surface area contributed by atoms with Crippen molar-refractivity contribution in [3.05, 3.63) is 29.1 Å². The predicted molar refractivity (Wildman–Crippen MR) is 81.6 cm³/mol. The zero-order valence-corrected chi connectivity index (χ0v) is 12.8. The molecule has 1 N–H and O–H groups in total. The standard InChI is InChI=1S/C17H26FNO/c1-4-14-6-5-8-19(9-7-14)17-10-12(2)16(18)11-15(17)13(3)20/h10-11,13-14,20H,4-9H2,1-3H3/t13-,14?/m0/s1. The summed E-state index contributed by atoms with van der Waals surface area (Å²) in [6, 6.07) is 3.39. The number of anilines is 1. The second-order valence-electron chi connectivity index (χ2n) is 6.03. The topological polar surface area (TPSA) is 23.5 Å². The SMILES string of the molecule is CCC1CCCN(c2cc(C)c(F)cc2[C@H](C)O)CC1. The minimum absolute atomic E-state index is 0.231. The summed E-state index contributed by atoms with van der Waals surface area (Å²) in [5.74, 6) is 0.572. The Labute approximate surface area is 121 Å². The van der Waals surface area contributed by atoms with E-state index in [1.807, 2.05) is 6.07 Å². The summed E-state index contributed by atoms with van der Waals surface area (Å²) in [6.45, 7) is 7.76. The number of rotatable bonds is 3. The maximum Gasteiger partial charge on any atom is 0.126 e. The second-order valence-corrected chi connectivity index (χ2v) is 6.03. The molecule has 2 rings (SSSR count). The first kappa shape index (κ1) is 15.3. The van der Waals surface area contributed by atoms with Crippen LogP contribution in [0.25, 0.3) is 0 Å². The van der Waals surface area contributed by atoms with Gasteiger partial charge in [-0.2, -0.15) is 0 Å². The lowest BCUT2D eigenvalue weighted by Crippen LogP contribution is -2.26. The predicted octanol–water partition coefficient (Wildman–Crippen LogP) is 4.20. The Kier molecular flexibility index (Phi) is 5.03. The van der Waals surface area contributed by atoms with Crippen LogP contribution in [0.2, 0.25) is 0 Å². The lowest BCUT2D eigenvalue weighted by molar-refractivity contribution is 0.199. The molecule has 1 unspecified atom stereocenters. The lowest BCUT2D eigenvalue weighted by atomic mass is 9.98. The van der Waals surface area contributed by atoms with Crippen molar-refractivity contribution in [1.29, 1.82) is 0 Å². The summed E-state index contributed by atoms with van der Waals surface area (Å²) >= 11 is 0. The van der Waals surface area contributed by atoms with Gasteiger partial charge in [-0.15, -0.1) is 0 Å². The van der Waals surface area contributed by atoms with Gasteiger partial charge in [-0.25, -0.2) is 4.39 Å². The van der Waals surface area contributed by atoms with Crippen molar-refractivity contribution in [2.24, 2.45) is 5.92 Å². The maximum atomic E-state index is 13.8. The van der Waals surface area contributed by atoms with Gasteiger partial charge in [-0.05, 0) is 56.7 Å². The quantitative estimate of drug-likeness (QED) is 0.896. The van der Waals surface area contributed by atoms with Crippen LogP contribution in [0.4, 0.5) is 10.1 Å². The molecule has 1 aliphatic rings. The molecule has 0 amide bonds. The molecule has 0 spiro atoms. The number of aliphatic hydroxyl groups is 1. The van der Waals surface area contributed by atoms with Crippen molar-refractivity contribution in [3.63, 3.8) is 0 Å². The van der Waals surface area contributed by atoms with E-state index in [1.54, 1.807) is 13.8 Å². The molecular weight excluding hydrogens is 253 g/mol. The number of aryl methyl sites for hydroxylation is 1. The van der Waals surface area contributed by atoms with Crippen molar-refractivity contribution in [2.75, 3.05) is 18.0 Å². The summed E-state index contributed by atoms with van der Waals surface area (Å²) in [5.41, 5.74) is 2.37. The normalized spacial score (nSPS) is 21.6. The van der Waals surface area contributed by atoms with Crippen LogP contribution in [0.1, 0.15) is 56.8 Å². The van der Waals surface area contributed by atoms with Gasteiger partial charge in [0.2, 0.25) is 0 Å². The molecule has 0 saturated carbocycles. The Hall–Kier alpha value is -1.09. The van der Waals surface area contributed by atoms with E-state index in [-0.39, 0.29) is 5.82 Å². The summed E-state index contributed by atoms with van der Waals surface area (Å²) < 4.78 is 13.8. The van der Waals surface area contributed by atoms with E-state index in [9.17, 15) is 9.50 Å². The molecule has 0 aliphatic carbocycles. The first-order chi connectivity index (χ1) is 9.52. The van der Waals surface area contributed by atoms with E-state index in [1.165, 1.54) is 31.7 Å². The molecule has 112 valence electrons. The number of nitrogens with zero attached hydrogens (tertiary/aromatic N) is 1. The van der Waals surface area contributed by atoms with Crippen LogP contribution in [0, 0.1) is 18.7 Å². The molecule has 1 aromatic carbocycles. The number of halogens is 1. The third kappa shape index (κ3) is 3.32. The van der Waals surface area contributed by atoms with E-state index in [2.05, 4.69) is 11.8 Å². The molecule has 1 aromatic rings. The average molecular weight is 279 g/mol. The Morgan fingerprint density at radius 3 is 2.75 bits per heavy atom. The van der Waals surface area contributed by atoms with E-state index in [4.69, 9.17) is 0 Å². The monoisotopic (exact) mass is 279 g/mol. The van der Waals surface area contributed by atoms with E-state index < -0.39 is 6.10 Å². The minimum Gasteiger partial charge on any atom is -0.389 e. The van der Waals surface area contributed by atoms with Crippen molar-refractivity contribution in [3.8, 4) is 0 Å². The third-order valence-corrected chi connectivity index (χ3v) is 4.52. The van der Waals surface area contributed by atoms with Gasteiger partial charge in [-0.3, -0.25) is 0 Å². The average Bonchev–Trinajstić information content (AvgIpc) is 2.66. The van der Waals surface area contributed by atoms with Gasteiger partial charge in [0, 0.05) is 24.3 Å². The zero-order chi connectivity index (χ0) is 14.7. The molecule has 1 saturated heterocycles. The van der Waals surface area contributed by atoms with Crippen LogP contribution in [-0.2, 0) is 0 Å². The molecule has 1 heterocycles. The molecule has 3 heteroatoms. The smallest absolute Gasteiger partial charge is 0.126 e. The minimum atomic E-state index is -0.634. The van der Waals surface area contributed by atoms with Crippen molar-refractivity contribution < 1.29 is 9.50 Å². The molecule has 2 atom stereocenters. The third-order valence-electron chi connectivity index (χ3n) is 4.52. The zero-order valence-electron chi connectivity index (χ0n) is 12.8. The highest BCUT2D eigenvalue weighted by Crippen LogP contribution is 2.32. The fourth-order valence-corrected chi connectivity index (χ4v) is 3.10. The van der Waals surface area contributed by atoms with Gasteiger partial charge >= 0.3 is 0 Å². The fraction of sp³-hybridized carbons (Fsp3) is 0.647. The van der Waals surface area contributed by atoms with E-state index in [0.717, 1.165) is 24.7 Å². The Balaban J connectivity index is 2.29. The summed E-state index contributed by atoms with van der Waals surface area (Å²) in [6.07, 6.45) is 4.24. The first-order valence-corrected chi connectivity index (χ1v) is 7.76. The Bertz CT molecular complexity index is 459. The molecule has 0 bridgehead atoms. The van der Waals surface area contributed by atoms with Gasteiger partial charge in [0.1, 0.15) is 5.82 Å². The Morgan fingerprint density at radius 2 is 2.10 bits per heavy atom. The van der Waals surface area contributed by atoms with Crippen molar-refractivity contribution in [1.82, 2.24) is 0 Å². The van der Waals surface area contributed by atoms with Crippen LogP contribution in [-0.4, -0.2) is 18.2 Å². The fourth-order valence-electron chi connectivity index (χ4n) is 3.10. The van der Waals surface area contributed by atoms with Gasteiger partial charge < -0.3 is 10.0 Å². The van der Waals surface area contributed by atoms with Crippen LogP contribution in [0.5, 0.6) is 0 Å². The number of hydrogen-bond donors (Lipinski definition) is 1. The number of hydrogen-bond acceptors (Lipinski definition) is 2. The molecule has 0 aromatic heterocycles. The van der Waals surface area contributed by atoms with Crippen LogP contribution in [0.3, 0.4) is 0 Å². The molecule has 1 aliphatic heterocycles. The largest absolute Gasteiger partial charge is 0.389 e. The van der Waals surface area contributed by atoms with Crippen LogP contribution < -0.4 is 4.90 Å². The van der Waals surface area contributed by atoms with Gasteiger partial charge in [0.05, 0.1) is 6.10 Å². The number of aliphatic hydroxyl groups excluding tert-OH is 1. The van der Waals surface area contributed by atoms with E-state index >= 15 is 0 Å². The highest BCUT2D eigenvalue weighted by molar-refractivity contribution is 5.57. The molecule has 0 radical (unpaired) electrons. The van der Waals surface area contributed by atoms with Crippen molar-refractivity contribution >= 4 is 5.69 Å². The second kappa shape index (κ2) is 6.57. The van der Waals surface area contributed by atoms with Gasteiger partial charge in [0.15, 0.2) is 0 Å². The number of benzene rings is 1. The Morgan fingerprint density at radius 1 is 1.35 bits per heavy atom. The molecular formula is C17H26FNO. The first-order valence-electron chi connectivity index (χ1n) is 7.76.